The van der Waals surface area contributed by atoms with Crippen LogP contribution in [0.3, 0.4) is 0 Å². The molecule has 2 aromatic rings. The molecule has 2 rings (SSSR count). The van der Waals surface area contributed by atoms with Crippen molar-refractivity contribution in [3.8, 4) is 0 Å². The van der Waals surface area contributed by atoms with Crippen LogP contribution in [0, 0.1) is 6.92 Å². The molecule has 0 saturated carbocycles. The van der Waals surface area contributed by atoms with E-state index in [1.54, 1.807) is 0 Å². The maximum absolute atomic E-state index is 3.24. The summed E-state index contributed by atoms with van der Waals surface area (Å²) < 4.78 is 0. The highest BCUT2D eigenvalue weighted by Gasteiger charge is 2.06. The Labute approximate surface area is 90.3 Å². The Kier molecular flexibility index (Phi) is 2.50. The molecule has 0 aliphatic carbocycles. The summed E-state index contributed by atoms with van der Waals surface area (Å²) in [7, 11) is 3.91. The Morgan fingerprint density at radius 3 is 2.40 bits per heavy atom. The van der Waals surface area contributed by atoms with Crippen LogP contribution < -0.4 is 10.6 Å². The maximum Gasteiger partial charge on any atom is 0.0609 e. The molecule has 0 bridgehead atoms. The molecule has 0 heterocycles. The van der Waals surface area contributed by atoms with E-state index in [1.165, 1.54) is 22.0 Å². The van der Waals surface area contributed by atoms with E-state index in [9.17, 15) is 0 Å². The third-order valence-corrected chi connectivity index (χ3v) is 2.83. The average Bonchev–Trinajstić information content (AvgIpc) is 2.29. The molecule has 0 spiro atoms. The second-order valence-corrected chi connectivity index (χ2v) is 3.65. The van der Waals surface area contributed by atoms with Crippen LogP contribution in [0.4, 0.5) is 11.4 Å². The van der Waals surface area contributed by atoms with Gasteiger partial charge in [-0.05, 0) is 29.3 Å². The molecule has 0 fully saturated rings. The SMILES string of the molecule is CNc1cc2ccccc2c(C)c1NC. The van der Waals surface area contributed by atoms with Gasteiger partial charge in [-0.1, -0.05) is 24.3 Å². The molecule has 2 aromatic carbocycles. The summed E-state index contributed by atoms with van der Waals surface area (Å²) in [6, 6.07) is 10.6. The summed E-state index contributed by atoms with van der Waals surface area (Å²) in [5.41, 5.74) is 3.62. The van der Waals surface area contributed by atoms with Gasteiger partial charge in [-0.15, -0.1) is 0 Å². The summed E-state index contributed by atoms with van der Waals surface area (Å²) in [6.07, 6.45) is 0. The molecule has 0 unspecified atom stereocenters. The van der Waals surface area contributed by atoms with Gasteiger partial charge in [0.05, 0.1) is 11.4 Å². The van der Waals surface area contributed by atoms with E-state index < -0.39 is 0 Å². The standard InChI is InChI=1S/C13H16N2/c1-9-11-7-5-4-6-10(11)8-12(14-2)13(9)15-3/h4-8,14-15H,1-3H3. The molecule has 0 radical (unpaired) electrons. The monoisotopic (exact) mass is 200 g/mol. The molecule has 2 nitrogen and oxygen atoms in total. The molecule has 2 heteroatoms. The van der Waals surface area contributed by atoms with Gasteiger partial charge in [-0.25, -0.2) is 0 Å². The lowest BCUT2D eigenvalue weighted by Crippen LogP contribution is -1.99. The van der Waals surface area contributed by atoms with E-state index >= 15 is 0 Å². The second-order valence-electron chi connectivity index (χ2n) is 3.65. The second kappa shape index (κ2) is 3.81. The van der Waals surface area contributed by atoms with Gasteiger partial charge < -0.3 is 10.6 Å². The number of aryl methyl sites for hydroxylation is 1. The predicted octanol–water partition coefficient (Wildman–Crippen LogP) is 3.23. The van der Waals surface area contributed by atoms with E-state index in [-0.39, 0.29) is 0 Å². The Morgan fingerprint density at radius 2 is 1.73 bits per heavy atom. The summed E-state index contributed by atoms with van der Waals surface area (Å²) in [4.78, 5) is 0. The molecule has 0 amide bonds. The van der Waals surface area contributed by atoms with Crippen molar-refractivity contribution in [1.82, 2.24) is 0 Å². The van der Waals surface area contributed by atoms with Gasteiger partial charge in [0.1, 0.15) is 0 Å². The number of rotatable bonds is 2. The maximum atomic E-state index is 3.24. The third kappa shape index (κ3) is 1.52. The number of anilines is 2. The van der Waals surface area contributed by atoms with Crippen molar-refractivity contribution < 1.29 is 0 Å². The van der Waals surface area contributed by atoms with Crippen LogP contribution in [0.2, 0.25) is 0 Å². The lowest BCUT2D eigenvalue weighted by molar-refractivity contribution is 1.41. The average molecular weight is 200 g/mol. The molecule has 0 aliphatic heterocycles. The third-order valence-electron chi connectivity index (χ3n) is 2.83. The minimum atomic E-state index is 1.15. The Hall–Kier alpha value is -1.70. The van der Waals surface area contributed by atoms with Gasteiger partial charge in [-0.2, -0.15) is 0 Å². The van der Waals surface area contributed by atoms with Crippen LogP contribution >= 0.6 is 0 Å². The van der Waals surface area contributed by atoms with E-state index in [0.717, 1.165) is 5.69 Å². The van der Waals surface area contributed by atoms with Crippen LogP contribution in [0.25, 0.3) is 10.8 Å². The highest BCUT2D eigenvalue weighted by Crippen LogP contribution is 2.32. The molecule has 2 N–H and O–H groups in total. The van der Waals surface area contributed by atoms with E-state index in [1.807, 2.05) is 14.1 Å². The molecular formula is C13H16N2. The fourth-order valence-corrected chi connectivity index (χ4v) is 2.05. The van der Waals surface area contributed by atoms with Crippen LogP contribution in [0.15, 0.2) is 30.3 Å². The predicted molar refractivity (Wildman–Crippen MR) is 67.8 cm³/mol. The number of nitrogens with one attached hydrogen (secondary N) is 2. The zero-order chi connectivity index (χ0) is 10.8. The van der Waals surface area contributed by atoms with Crippen LogP contribution in [0.5, 0.6) is 0 Å². The Bertz CT molecular complexity index is 489. The quantitative estimate of drug-likeness (QED) is 0.777. The number of hydrogen-bond donors (Lipinski definition) is 2. The van der Waals surface area contributed by atoms with Crippen LogP contribution in [-0.4, -0.2) is 14.1 Å². The minimum Gasteiger partial charge on any atom is -0.386 e. The zero-order valence-corrected chi connectivity index (χ0v) is 9.39. The number of benzene rings is 2. The minimum absolute atomic E-state index is 1.15. The van der Waals surface area contributed by atoms with Crippen molar-refractivity contribution >= 4 is 22.1 Å². The van der Waals surface area contributed by atoms with E-state index in [4.69, 9.17) is 0 Å². The van der Waals surface area contributed by atoms with Gasteiger partial charge in [0.25, 0.3) is 0 Å². The first kappa shape index (κ1) is 9.84. The van der Waals surface area contributed by atoms with Crippen LogP contribution in [0.1, 0.15) is 5.56 Å². The van der Waals surface area contributed by atoms with Crippen molar-refractivity contribution in [3.05, 3.63) is 35.9 Å². The Morgan fingerprint density at radius 1 is 1.00 bits per heavy atom. The molecule has 15 heavy (non-hydrogen) atoms. The Balaban J connectivity index is 2.81. The van der Waals surface area contributed by atoms with Crippen molar-refractivity contribution in [3.63, 3.8) is 0 Å². The van der Waals surface area contributed by atoms with Gasteiger partial charge >= 0.3 is 0 Å². The molecule has 0 saturated heterocycles. The summed E-state index contributed by atoms with van der Waals surface area (Å²) in [5, 5.41) is 9.04. The van der Waals surface area contributed by atoms with Crippen LogP contribution in [-0.2, 0) is 0 Å². The summed E-state index contributed by atoms with van der Waals surface area (Å²) in [6.45, 7) is 2.15. The lowest BCUT2D eigenvalue weighted by atomic mass is 10.0. The van der Waals surface area contributed by atoms with E-state index in [0.29, 0.717) is 0 Å². The lowest BCUT2D eigenvalue weighted by Gasteiger charge is -2.14. The van der Waals surface area contributed by atoms with Gasteiger partial charge in [0, 0.05) is 14.1 Å². The van der Waals surface area contributed by atoms with Gasteiger partial charge in [-0.3, -0.25) is 0 Å². The summed E-state index contributed by atoms with van der Waals surface area (Å²) >= 11 is 0. The normalized spacial score (nSPS) is 10.3. The largest absolute Gasteiger partial charge is 0.386 e. The van der Waals surface area contributed by atoms with Crippen molar-refractivity contribution in [2.45, 2.75) is 6.92 Å². The fraction of sp³-hybridized carbons (Fsp3) is 0.231. The molecule has 78 valence electrons. The van der Waals surface area contributed by atoms with Crippen molar-refractivity contribution in [2.75, 3.05) is 24.7 Å². The van der Waals surface area contributed by atoms with Crippen molar-refractivity contribution in [1.29, 1.82) is 0 Å². The highest BCUT2D eigenvalue weighted by atomic mass is 14.9. The number of hydrogen-bond acceptors (Lipinski definition) is 2. The first-order valence-corrected chi connectivity index (χ1v) is 5.15. The topological polar surface area (TPSA) is 24.1 Å². The molecule has 0 atom stereocenters. The molecule has 0 aromatic heterocycles. The van der Waals surface area contributed by atoms with Gasteiger partial charge in [0.15, 0.2) is 0 Å². The summed E-state index contributed by atoms with van der Waals surface area (Å²) in [5.74, 6) is 0. The van der Waals surface area contributed by atoms with Crippen molar-refractivity contribution in [2.24, 2.45) is 0 Å². The fourth-order valence-electron chi connectivity index (χ4n) is 2.05. The first-order chi connectivity index (χ1) is 7.27. The number of fused-ring (bicyclic) bond motifs is 1. The van der Waals surface area contributed by atoms with E-state index in [2.05, 4.69) is 47.9 Å². The van der Waals surface area contributed by atoms with Gasteiger partial charge in [0.2, 0.25) is 0 Å². The molecule has 0 aliphatic rings. The first-order valence-electron chi connectivity index (χ1n) is 5.15. The highest BCUT2D eigenvalue weighted by molar-refractivity contribution is 5.95. The zero-order valence-electron chi connectivity index (χ0n) is 9.39. The smallest absolute Gasteiger partial charge is 0.0609 e. The molecular weight excluding hydrogens is 184 g/mol.